The Kier molecular flexibility index (Phi) is 6.02. The van der Waals surface area contributed by atoms with E-state index >= 15 is 0 Å². The lowest BCUT2D eigenvalue weighted by molar-refractivity contribution is -0.137. The highest BCUT2D eigenvalue weighted by Crippen LogP contribution is 2.35. The van der Waals surface area contributed by atoms with Gasteiger partial charge < -0.3 is 5.32 Å². The number of halogens is 4. The molecule has 0 atom stereocenters. The van der Waals surface area contributed by atoms with E-state index in [0.717, 1.165) is 12.1 Å². The van der Waals surface area contributed by atoms with Gasteiger partial charge in [0.25, 0.3) is 5.91 Å². The molecule has 0 unspecified atom stereocenters. The fourth-order valence-electron chi connectivity index (χ4n) is 2.40. The summed E-state index contributed by atoms with van der Waals surface area (Å²) < 4.78 is 38.6. The van der Waals surface area contributed by atoms with Crippen molar-refractivity contribution in [3.63, 3.8) is 0 Å². The SMILES string of the molecule is CC(=O)Cc1cc(C(=O)NCc2ccc(Cl)c(C(F)(F)F)c2)cc(C)n1. The van der Waals surface area contributed by atoms with Gasteiger partial charge in [0.15, 0.2) is 0 Å². The lowest BCUT2D eigenvalue weighted by Crippen LogP contribution is -2.23. The molecule has 1 N–H and O–H groups in total. The second-order valence-corrected chi connectivity index (χ2v) is 6.27. The first-order valence-electron chi connectivity index (χ1n) is 7.67. The summed E-state index contributed by atoms with van der Waals surface area (Å²) in [4.78, 5) is 27.7. The summed E-state index contributed by atoms with van der Waals surface area (Å²) in [5.74, 6) is -0.556. The Morgan fingerprint density at radius 3 is 2.50 bits per heavy atom. The molecule has 8 heteroatoms. The predicted octanol–water partition coefficient (Wildman–Crippen LogP) is 4.12. The Labute approximate surface area is 153 Å². The molecule has 1 aromatic heterocycles. The van der Waals surface area contributed by atoms with Gasteiger partial charge >= 0.3 is 6.18 Å². The number of carbonyl (C=O) groups excluding carboxylic acids is 2. The lowest BCUT2D eigenvalue weighted by atomic mass is 10.1. The molecule has 0 radical (unpaired) electrons. The van der Waals surface area contributed by atoms with Crippen LogP contribution in [-0.4, -0.2) is 16.7 Å². The number of hydrogen-bond acceptors (Lipinski definition) is 3. The summed E-state index contributed by atoms with van der Waals surface area (Å²) in [6.07, 6.45) is -4.46. The fraction of sp³-hybridized carbons (Fsp3) is 0.278. The molecule has 0 bridgehead atoms. The van der Waals surface area contributed by atoms with Crippen molar-refractivity contribution in [2.45, 2.75) is 33.0 Å². The van der Waals surface area contributed by atoms with E-state index in [2.05, 4.69) is 10.3 Å². The van der Waals surface area contributed by atoms with E-state index in [0.29, 0.717) is 17.0 Å². The summed E-state index contributed by atoms with van der Waals surface area (Å²) in [6.45, 7) is 3.01. The van der Waals surface area contributed by atoms with Gasteiger partial charge in [-0.3, -0.25) is 14.6 Å². The summed E-state index contributed by atoms with van der Waals surface area (Å²) in [5, 5.41) is 2.16. The number of amides is 1. The molecule has 0 aliphatic carbocycles. The number of Topliss-reactive ketones (excluding diaryl/α,β-unsaturated/α-hetero) is 1. The first kappa shape index (κ1) is 19.9. The molecule has 0 saturated carbocycles. The lowest BCUT2D eigenvalue weighted by Gasteiger charge is -2.12. The Bertz CT molecular complexity index is 851. The molecule has 0 saturated heterocycles. The number of hydrogen-bond donors (Lipinski definition) is 1. The average Bonchev–Trinajstić information content (AvgIpc) is 2.51. The normalized spacial score (nSPS) is 11.3. The Hall–Kier alpha value is -2.41. The van der Waals surface area contributed by atoms with Crippen molar-refractivity contribution >= 4 is 23.3 Å². The molecule has 0 aliphatic rings. The van der Waals surface area contributed by atoms with Crippen molar-refractivity contribution in [1.82, 2.24) is 10.3 Å². The molecular formula is C18H16ClF3N2O2. The van der Waals surface area contributed by atoms with Gasteiger partial charge in [0.1, 0.15) is 5.78 Å². The van der Waals surface area contributed by atoms with Crippen LogP contribution in [0.5, 0.6) is 0 Å². The van der Waals surface area contributed by atoms with E-state index in [4.69, 9.17) is 11.6 Å². The van der Waals surface area contributed by atoms with Crippen LogP contribution in [0.4, 0.5) is 13.2 Å². The maximum atomic E-state index is 12.9. The van der Waals surface area contributed by atoms with Gasteiger partial charge in [-0.15, -0.1) is 0 Å². The van der Waals surface area contributed by atoms with Gasteiger partial charge in [-0.1, -0.05) is 17.7 Å². The highest BCUT2D eigenvalue weighted by Gasteiger charge is 2.33. The van der Waals surface area contributed by atoms with Gasteiger partial charge in [-0.2, -0.15) is 13.2 Å². The summed E-state index contributed by atoms with van der Waals surface area (Å²) in [6, 6.07) is 6.50. The predicted molar refractivity (Wildman–Crippen MR) is 91.0 cm³/mol. The average molecular weight is 385 g/mol. The summed E-state index contributed by atoms with van der Waals surface area (Å²) in [7, 11) is 0. The standard InChI is InChI=1S/C18H16ClF3N2O2/c1-10-5-13(8-14(24-10)6-11(2)25)17(26)23-9-12-3-4-16(19)15(7-12)18(20,21)22/h3-5,7-8H,6,9H2,1-2H3,(H,23,26). The van der Waals surface area contributed by atoms with E-state index < -0.39 is 22.7 Å². The molecule has 0 spiro atoms. The molecule has 1 aromatic carbocycles. The Morgan fingerprint density at radius 2 is 1.88 bits per heavy atom. The molecule has 1 heterocycles. The maximum absolute atomic E-state index is 12.9. The zero-order valence-corrected chi connectivity index (χ0v) is 14.8. The van der Waals surface area contributed by atoms with E-state index in [-0.39, 0.29) is 24.3 Å². The van der Waals surface area contributed by atoms with Crippen LogP contribution < -0.4 is 5.32 Å². The van der Waals surface area contributed by atoms with Crippen LogP contribution in [0.25, 0.3) is 0 Å². The molecule has 26 heavy (non-hydrogen) atoms. The van der Waals surface area contributed by atoms with Crippen LogP contribution in [-0.2, 0) is 23.9 Å². The number of ketones is 1. The Balaban J connectivity index is 2.14. The van der Waals surface area contributed by atoms with Crippen molar-refractivity contribution in [1.29, 1.82) is 0 Å². The minimum atomic E-state index is -4.57. The highest BCUT2D eigenvalue weighted by molar-refractivity contribution is 6.31. The van der Waals surface area contributed by atoms with Crippen molar-refractivity contribution in [2.75, 3.05) is 0 Å². The molecule has 0 aliphatic heterocycles. The van der Waals surface area contributed by atoms with Gasteiger partial charge in [-0.25, -0.2) is 0 Å². The number of nitrogens with zero attached hydrogens (tertiary/aromatic N) is 1. The third-order valence-corrected chi connectivity index (χ3v) is 3.82. The number of alkyl halides is 3. The van der Waals surface area contributed by atoms with Crippen LogP contribution in [0.15, 0.2) is 30.3 Å². The van der Waals surface area contributed by atoms with E-state index in [1.54, 1.807) is 13.0 Å². The van der Waals surface area contributed by atoms with Crippen molar-refractivity contribution in [2.24, 2.45) is 0 Å². The van der Waals surface area contributed by atoms with Crippen molar-refractivity contribution in [3.8, 4) is 0 Å². The second-order valence-electron chi connectivity index (χ2n) is 5.86. The third kappa shape index (κ3) is 5.29. The topological polar surface area (TPSA) is 59.1 Å². The molecule has 2 rings (SSSR count). The van der Waals surface area contributed by atoms with Crippen LogP contribution in [0, 0.1) is 6.92 Å². The number of pyridine rings is 1. The van der Waals surface area contributed by atoms with Gasteiger partial charge in [0.2, 0.25) is 0 Å². The van der Waals surface area contributed by atoms with Crippen LogP contribution >= 0.6 is 11.6 Å². The van der Waals surface area contributed by atoms with Crippen LogP contribution in [0.3, 0.4) is 0 Å². The van der Waals surface area contributed by atoms with E-state index in [1.165, 1.54) is 19.1 Å². The number of aryl methyl sites for hydroxylation is 1. The van der Waals surface area contributed by atoms with Crippen molar-refractivity contribution < 1.29 is 22.8 Å². The minimum absolute atomic E-state index is 0.0877. The smallest absolute Gasteiger partial charge is 0.348 e. The molecule has 4 nitrogen and oxygen atoms in total. The number of carbonyl (C=O) groups is 2. The first-order valence-corrected chi connectivity index (χ1v) is 8.05. The van der Waals surface area contributed by atoms with Gasteiger partial charge in [0, 0.05) is 29.9 Å². The molecule has 2 aromatic rings. The molecule has 1 amide bonds. The zero-order chi connectivity index (χ0) is 19.5. The monoisotopic (exact) mass is 384 g/mol. The summed E-state index contributed by atoms with van der Waals surface area (Å²) in [5.41, 5.74) is 0.645. The molecule has 0 fully saturated rings. The third-order valence-electron chi connectivity index (χ3n) is 3.49. The minimum Gasteiger partial charge on any atom is -0.348 e. The Morgan fingerprint density at radius 1 is 1.19 bits per heavy atom. The van der Waals surface area contributed by atoms with Gasteiger partial charge in [-0.05, 0) is 43.7 Å². The fourth-order valence-corrected chi connectivity index (χ4v) is 2.62. The van der Waals surface area contributed by atoms with Gasteiger partial charge in [0.05, 0.1) is 10.6 Å². The summed E-state index contributed by atoms with van der Waals surface area (Å²) >= 11 is 5.57. The van der Waals surface area contributed by atoms with Crippen molar-refractivity contribution in [3.05, 3.63) is 63.4 Å². The number of rotatable bonds is 5. The number of aromatic nitrogens is 1. The molecule has 138 valence electrons. The van der Waals surface area contributed by atoms with Crippen LogP contribution in [0.1, 0.15) is 39.8 Å². The maximum Gasteiger partial charge on any atom is 0.417 e. The van der Waals surface area contributed by atoms with E-state index in [1.807, 2.05) is 0 Å². The largest absolute Gasteiger partial charge is 0.417 e. The number of nitrogens with one attached hydrogen (secondary N) is 1. The highest BCUT2D eigenvalue weighted by atomic mass is 35.5. The first-order chi connectivity index (χ1) is 12.1. The second kappa shape index (κ2) is 7.86. The quantitative estimate of drug-likeness (QED) is 0.843. The van der Waals surface area contributed by atoms with E-state index in [9.17, 15) is 22.8 Å². The number of benzene rings is 1. The van der Waals surface area contributed by atoms with Crippen LogP contribution in [0.2, 0.25) is 5.02 Å². The zero-order valence-electron chi connectivity index (χ0n) is 14.1. The molecular weight excluding hydrogens is 369 g/mol.